The van der Waals surface area contributed by atoms with Crippen LogP contribution >= 0.6 is 0 Å². The Balaban J connectivity index is 1.38. The summed E-state index contributed by atoms with van der Waals surface area (Å²) in [6.45, 7) is 4.38. The zero-order valence-corrected chi connectivity index (χ0v) is 22.4. The number of nitrogens with zero attached hydrogens (tertiary/aromatic N) is 3. The molecule has 1 atom stereocenters. The van der Waals surface area contributed by atoms with Crippen LogP contribution in [0.3, 0.4) is 0 Å². The number of hydrogen-bond donors (Lipinski definition) is 1. The van der Waals surface area contributed by atoms with Gasteiger partial charge in [0.05, 0.1) is 31.5 Å². The molecule has 39 heavy (non-hydrogen) atoms. The highest BCUT2D eigenvalue weighted by Crippen LogP contribution is 2.40. The van der Waals surface area contributed by atoms with Crippen LogP contribution in [-0.4, -0.2) is 55.0 Å². The van der Waals surface area contributed by atoms with Gasteiger partial charge in [-0.3, -0.25) is 9.59 Å². The van der Waals surface area contributed by atoms with Crippen LogP contribution in [0.1, 0.15) is 47.0 Å². The molecule has 10 heteroatoms. The maximum atomic E-state index is 13.4. The molecule has 1 unspecified atom stereocenters. The highest BCUT2D eigenvalue weighted by atomic mass is 16.6. The molecule has 2 aromatic carbocycles. The zero-order valence-electron chi connectivity index (χ0n) is 22.4. The smallest absolute Gasteiger partial charge is 0.265 e. The number of carbonyl (C=O) groups is 1. The largest absolute Gasteiger partial charge is 0.493 e. The van der Waals surface area contributed by atoms with Gasteiger partial charge in [0.15, 0.2) is 23.0 Å². The minimum atomic E-state index is -0.758. The first-order valence-corrected chi connectivity index (χ1v) is 13.2. The summed E-state index contributed by atoms with van der Waals surface area (Å²) in [4.78, 5) is 32.9. The van der Waals surface area contributed by atoms with Crippen LogP contribution < -0.4 is 25.7 Å². The number of hydrogen-bond acceptors (Lipinski definition) is 8. The number of nitrogens with two attached hydrogens (primary N) is 1. The van der Waals surface area contributed by atoms with E-state index in [9.17, 15) is 9.59 Å². The quantitative estimate of drug-likeness (QED) is 0.399. The number of primary amides is 1. The molecule has 0 saturated carbocycles. The number of anilines is 1. The minimum Gasteiger partial charge on any atom is -0.493 e. The van der Waals surface area contributed by atoms with E-state index in [-0.39, 0.29) is 17.6 Å². The third-order valence-electron chi connectivity index (χ3n) is 7.80. The monoisotopic (exact) mass is 532 g/mol. The van der Waals surface area contributed by atoms with Crippen molar-refractivity contribution in [3.8, 4) is 11.5 Å². The lowest BCUT2D eigenvalue weighted by atomic mass is 9.95. The normalized spacial score (nSPS) is 18.2. The summed E-state index contributed by atoms with van der Waals surface area (Å²) in [5, 5.41) is 0.702. The van der Waals surface area contributed by atoms with Gasteiger partial charge >= 0.3 is 0 Å². The molecule has 6 rings (SSSR count). The van der Waals surface area contributed by atoms with E-state index in [1.165, 1.54) is 4.57 Å². The number of pyridine rings is 1. The van der Waals surface area contributed by atoms with Crippen molar-refractivity contribution in [1.82, 2.24) is 9.55 Å². The molecule has 10 nitrogen and oxygen atoms in total. The Hall–Kier alpha value is -4.05. The van der Waals surface area contributed by atoms with Crippen molar-refractivity contribution < 1.29 is 23.4 Å². The van der Waals surface area contributed by atoms with E-state index in [4.69, 9.17) is 29.3 Å². The van der Waals surface area contributed by atoms with E-state index < -0.39 is 11.5 Å². The lowest BCUT2D eigenvalue weighted by molar-refractivity contribution is 0.0999. The standard InChI is InChI=1S/C29H32N4O6/c1-16-4-5-22-20(12-16)31-28(39-22)17-6-9-33(10-7-17)26-19-13-23(36-3)24(38-18-8-11-37-15-18)14-21(19)32(2)29(35)25(26)27(30)34/h4-5,12-14,17-18H,6-11,15H2,1-3H3,(H2,30,34). The van der Waals surface area contributed by atoms with Crippen LogP contribution in [0.15, 0.2) is 39.5 Å². The first kappa shape index (κ1) is 25.2. The lowest BCUT2D eigenvalue weighted by Gasteiger charge is -2.34. The minimum absolute atomic E-state index is 0.0271. The second kappa shape index (κ2) is 9.92. The number of benzene rings is 2. The first-order valence-electron chi connectivity index (χ1n) is 13.2. The third kappa shape index (κ3) is 4.48. The fourth-order valence-electron chi connectivity index (χ4n) is 5.70. The van der Waals surface area contributed by atoms with E-state index in [0.29, 0.717) is 54.4 Å². The van der Waals surface area contributed by atoms with Crippen LogP contribution in [0.2, 0.25) is 0 Å². The average molecular weight is 533 g/mol. The maximum Gasteiger partial charge on any atom is 0.265 e. The van der Waals surface area contributed by atoms with Crippen molar-refractivity contribution in [3.05, 3.63) is 57.7 Å². The van der Waals surface area contributed by atoms with Gasteiger partial charge in [-0.15, -0.1) is 0 Å². The fraction of sp³-hybridized carbons (Fsp3) is 0.414. The Morgan fingerprint density at radius 3 is 2.62 bits per heavy atom. The molecule has 2 aliphatic heterocycles. The molecule has 2 aliphatic rings. The van der Waals surface area contributed by atoms with Crippen molar-refractivity contribution >= 4 is 33.6 Å². The number of methoxy groups -OCH3 is 1. The molecule has 1 amide bonds. The molecule has 2 saturated heterocycles. The van der Waals surface area contributed by atoms with Gasteiger partial charge in [-0.2, -0.15) is 0 Å². The summed E-state index contributed by atoms with van der Waals surface area (Å²) in [6, 6.07) is 9.62. The molecule has 0 spiro atoms. The van der Waals surface area contributed by atoms with Crippen LogP contribution in [0, 0.1) is 6.92 Å². The molecule has 2 fully saturated rings. The Morgan fingerprint density at radius 1 is 1.13 bits per heavy atom. The Bertz CT molecular complexity index is 1630. The molecule has 2 aromatic heterocycles. The molecule has 204 valence electrons. The van der Waals surface area contributed by atoms with Gasteiger partial charge in [0.1, 0.15) is 17.2 Å². The summed E-state index contributed by atoms with van der Waals surface area (Å²) in [6.07, 6.45) is 2.19. The number of fused-ring (bicyclic) bond motifs is 2. The molecule has 0 aliphatic carbocycles. The second-order valence-corrected chi connectivity index (χ2v) is 10.4. The van der Waals surface area contributed by atoms with Crippen LogP contribution in [-0.2, 0) is 11.8 Å². The molecular weight excluding hydrogens is 500 g/mol. The van der Waals surface area contributed by atoms with E-state index in [1.807, 2.05) is 31.2 Å². The van der Waals surface area contributed by atoms with Gasteiger partial charge in [-0.25, -0.2) is 4.98 Å². The molecular formula is C29H32N4O6. The molecule has 4 aromatic rings. The van der Waals surface area contributed by atoms with Crippen molar-refractivity contribution in [1.29, 1.82) is 0 Å². The number of amides is 1. The van der Waals surface area contributed by atoms with E-state index in [0.717, 1.165) is 41.8 Å². The molecule has 0 radical (unpaired) electrons. The van der Waals surface area contributed by atoms with Gasteiger partial charge in [0.2, 0.25) is 0 Å². The SMILES string of the molecule is COc1cc2c(N3CCC(c4nc5cc(C)ccc5o4)CC3)c(C(N)=O)c(=O)n(C)c2cc1OC1CCOC1. The highest BCUT2D eigenvalue weighted by molar-refractivity contribution is 6.07. The Labute approximate surface area is 225 Å². The molecule has 2 N–H and O–H groups in total. The van der Waals surface area contributed by atoms with Crippen molar-refractivity contribution in [2.45, 2.75) is 38.2 Å². The van der Waals surface area contributed by atoms with E-state index in [1.54, 1.807) is 20.2 Å². The van der Waals surface area contributed by atoms with Gasteiger partial charge in [0, 0.05) is 43.9 Å². The third-order valence-corrected chi connectivity index (χ3v) is 7.80. The Morgan fingerprint density at radius 2 is 1.92 bits per heavy atom. The Kier molecular flexibility index (Phi) is 6.42. The topological polar surface area (TPSA) is 122 Å². The maximum absolute atomic E-state index is 13.4. The summed E-state index contributed by atoms with van der Waals surface area (Å²) in [5.41, 5.74) is 9.25. The second-order valence-electron chi connectivity index (χ2n) is 10.4. The summed E-state index contributed by atoms with van der Waals surface area (Å²) in [7, 11) is 3.21. The predicted molar refractivity (Wildman–Crippen MR) is 147 cm³/mol. The van der Waals surface area contributed by atoms with Gasteiger partial charge in [-0.05, 0) is 43.5 Å². The van der Waals surface area contributed by atoms with Gasteiger partial charge < -0.3 is 33.8 Å². The van der Waals surface area contributed by atoms with Crippen molar-refractivity contribution in [2.24, 2.45) is 12.8 Å². The average Bonchev–Trinajstić information content (AvgIpc) is 3.60. The summed E-state index contributed by atoms with van der Waals surface area (Å²) >= 11 is 0. The van der Waals surface area contributed by atoms with Crippen LogP contribution in [0.25, 0.3) is 22.0 Å². The lowest BCUT2D eigenvalue weighted by Crippen LogP contribution is -2.38. The van der Waals surface area contributed by atoms with Gasteiger partial charge in [-0.1, -0.05) is 6.07 Å². The summed E-state index contributed by atoms with van der Waals surface area (Å²) < 4.78 is 24.8. The van der Waals surface area contributed by atoms with Crippen molar-refractivity contribution in [2.75, 3.05) is 38.3 Å². The molecule has 4 heterocycles. The number of aryl methyl sites for hydroxylation is 2. The van der Waals surface area contributed by atoms with Crippen molar-refractivity contribution in [3.63, 3.8) is 0 Å². The number of oxazole rings is 1. The number of aromatic nitrogens is 2. The van der Waals surface area contributed by atoms with Gasteiger partial charge in [0.25, 0.3) is 11.5 Å². The van der Waals surface area contributed by atoms with Crippen LogP contribution in [0.5, 0.6) is 11.5 Å². The van der Waals surface area contributed by atoms with E-state index in [2.05, 4.69) is 4.90 Å². The first-order chi connectivity index (χ1) is 18.8. The fourth-order valence-corrected chi connectivity index (χ4v) is 5.70. The number of piperidine rings is 1. The highest BCUT2D eigenvalue weighted by Gasteiger charge is 2.31. The summed E-state index contributed by atoms with van der Waals surface area (Å²) in [5.74, 6) is 1.14. The number of carbonyl (C=O) groups excluding carboxylic acids is 1. The van der Waals surface area contributed by atoms with Crippen LogP contribution in [0.4, 0.5) is 5.69 Å². The zero-order chi connectivity index (χ0) is 27.3. The molecule has 0 bridgehead atoms. The van der Waals surface area contributed by atoms with E-state index >= 15 is 0 Å². The number of rotatable bonds is 6. The number of ether oxygens (including phenoxy) is 3. The predicted octanol–water partition coefficient (Wildman–Crippen LogP) is 3.65.